The molecule has 14 heteroatoms. The fraction of sp³-hybridized carbons (Fsp3) is 0.238. The Labute approximate surface area is 196 Å². The SMILES string of the molecule is O=c1c(Cl)c(C(F)(F)F)nc(Nc2cc(C(F)(F)F)ccc2C(F)(F)F)n1CCc1ccccc1. The van der Waals surface area contributed by atoms with Gasteiger partial charge in [0.2, 0.25) is 5.95 Å². The molecule has 1 aromatic heterocycles. The van der Waals surface area contributed by atoms with Crippen LogP contribution in [-0.2, 0) is 31.5 Å². The molecule has 0 saturated heterocycles. The van der Waals surface area contributed by atoms with Crippen molar-refractivity contribution in [1.29, 1.82) is 0 Å². The molecule has 35 heavy (non-hydrogen) atoms. The number of benzene rings is 2. The molecular weight excluding hydrogens is 517 g/mol. The molecule has 3 rings (SSSR count). The lowest BCUT2D eigenvalue weighted by Gasteiger charge is -2.20. The third kappa shape index (κ3) is 6.08. The second-order valence-electron chi connectivity index (χ2n) is 7.17. The summed E-state index contributed by atoms with van der Waals surface area (Å²) in [5.74, 6) is -1.06. The van der Waals surface area contributed by atoms with E-state index in [1.807, 2.05) is 5.32 Å². The summed E-state index contributed by atoms with van der Waals surface area (Å²) in [4.78, 5) is 15.8. The normalized spacial score (nSPS) is 12.6. The average molecular weight is 530 g/mol. The Hall–Kier alpha value is -3.22. The first-order valence-corrected chi connectivity index (χ1v) is 9.93. The number of alkyl halides is 9. The second-order valence-corrected chi connectivity index (χ2v) is 7.55. The molecule has 0 amide bonds. The first-order chi connectivity index (χ1) is 16.1. The van der Waals surface area contributed by atoms with E-state index in [0.29, 0.717) is 10.1 Å². The molecule has 188 valence electrons. The molecular formula is C21H13ClF9N3O. The maximum atomic E-state index is 13.4. The van der Waals surface area contributed by atoms with Crippen molar-refractivity contribution in [2.24, 2.45) is 0 Å². The lowest BCUT2D eigenvalue weighted by atomic mass is 10.1. The van der Waals surface area contributed by atoms with Gasteiger partial charge in [0.15, 0.2) is 5.69 Å². The summed E-state index contributed by atoms with van der Waals surface area (Å²) in [7, 11) is 0. The van der Waals surface area contributed by atoms with Crippen LogP contribution in [0.3, 0.4) is 0 Å². The maximum absolute atomic E-state index is 13.4. The molecule has 2 aromatic carbocycles. The minimum atomic E-state index is -5.27. The Bertz CT molecular complexity index is 1270. The Morgan fingerprint density at radius 3 is 2.03 bits per heavy atom. The molecule has 4 nitrogen and oxygen atoms in total. The van der Waals surface area contributed by atoms with Gasteiger partial charge in [-0.2, -0.15) is 39.5 Å². The van der Waals surface area contributed by atoms with Gasteiger partial charge in [0.1, 0.15) is 5.02 Å². The van der Waals surface area contributed by atoms with Crippen LogP contribution in [0.2, 0.25) is 5.02 Å². The molecule has 0 aliphatic carbocycles. The van der Waals surface area contributed by atoms with E-state index >= 15 is 0 Å². The Kier molecular flexibility index (Phi) is 7.12. The minimum absolute atomic E-state index is 0.0213. The van der Waals surface area contributed by atoms with Crippen molar-refractivity contribution in [2.45, 2.75) is 31.5 Å². The molecule has 0 saturated carbocycles. The van der Waals surface area contributed by atoms with Crippen molar-refractivity contribution in [1.82, 2.24) is 9.55 Å². The highest BCUT2D eigenvalue weighted by Gasteiger charge is 2.40. The van der Waals surface area contributed by atoms with Crippen molar-refractivity contribution < 1.29 is 39.5 Å². The van der Waals surface area contributed by atoms with Crippen molar-refractivity contribution in [3.8, 4) is 0 Å². The zero-order chi connectivity index (χ0) is 26.2. The fourth-order valence-electron chi connectivity index (χ4n) is 3.10. The highest BCUT2D eigenvalue weighted by Crippen LogP contribution is 2.40. The van der Waals surface area contributed by atoms with Crippen LogP contribution in [0.15, 0.2) is 53.3 Å². The smallest absolute Gasteiger partial charge is 0.325 e. The third-order valence-electron chi connectivity index (χ3n) is 4.75. The van der Waals surface area contributed by atoms with E-state index in [1.54, 1.807) is 30.3 Å². The van der Waals surface area contributed by atoms with Crippen LogP contribution in [0, 0.1) is 0 Å². The number of nitrogens with zero attached hydrogens (tertiary/aromatic N) is 2. The van der Waals surface area contributed by atoms with Crippen molar-refractivity contribution >= 4 is 23.2 Å². The van der Waals surface area contributed by atoms with Crippen molar-refractivity contribution in [3.05, 3.63) is 86.3 Å². The Balaban J connectivity index is 2.19. The predicted molar refractivity (Wildman–Crippen MR) is 108 cm³/mol. The van der Waals surface area contributed by atoms with E-state index in [4.69, 9.17) is 11.6 Å². The third-order valence-corrected chi connectivity index (χ3v) is 5.09. The summed E-state index contributed by atoms with van der Waals surface area (Å²) in [5.41, 5.74) is -7.09. The number of aromatic nitrogens is 2. The van der Waals surface area contributed by atoms with Gasteiger partial charge in [-0.05, 0) is 30.2 Å². The lowest BCUT2D eigenvalue weighted by molar-refractivity contribution is -0.141. The molecule has 0 fully saturated rings. The van der Waals surface area contributed by atoms with E-state index < -0.39 is 64.1 Å². The number of aryl methyl sites for hydroxylation is 1. The van der Waals surface area contributed by atoms with Crippen molar-refractivity contribution in [2.75, 3.05) is 5.32 Å². The molecule has 0 bridgehead atoms. The van der Waals surface area contributed by atoms with Crippen LogP contribution >= 0.6 is 11.6 Å². The van der Waals surface area contributed by atoms with Gasteiger partial charge >= 0.3 is 18.5 Å². The molecule has 1 heterocycles. The molecule has 3 aromatic rings. The van der Waals surface area contributed by atoms with Crippen LogP contribution in [0.5, 0.6) is 0 Å². The first kappa shape index (κ1) is 26.4. The topological polar surface area (TPSA) is 46.9 Å². The van der Waals surface area contributed by atoms with E-state index in [0.717, 1.165) is 0 Å². The van der Waals surface area contributed by atoms with Crippen LogP contribution in [-0.4, -0.2) is 9.55 Å². The van der Waals surface area contributed by atoms with E-state index in [9.17, 15) is 44.3 Å². The summed E-state index contributed by atoms with van der Waals surface area (Å²) in [6.07, 6.45) is -15.5. The average Bonchev–Trinajstić information content (AvgIpc) is 2.74. The van der Waals surface area contributed by atoms with Gasteiger partial charge < -0.3 is 5.32 Å². The Morgan fingerprint density at radius 2 is 1.49 bits per heavy atom. The monoisotopic (exact) mass is 529 g/mol. The van der Waals surface area contributed by atoms with Gasteiger partial charge in [0.25, 0.3) is 5.56 Å². The van der Waals surface area contributed by atoms with Crippen LogP contribution in [0.1, 0.15) is 22.4 Å². The summed E-state index contributed by atoms with van der Waals surface area (Å²) < 4.78 is 120. The van der Waals surface area contributed by atoms with E-state index in [2.05, 4.69) is 4.98 Å². The van der Waals surface area contributed by atoms with Crippen LogP contribution in [0.4, 0.5) is 51.1 Å². The van der Waals surface area contributed by atoms with Crippen molar-refractivity contribution in [3.63, 3.8) is 0 Å². The summed E-state index contributed by atoms with van der Waals surface area (Å²) in [5, 5.41) is 0.513. The quantitative estimate of drug-likeness (QED) is 0.364. The number of nitrogens with one attached hydrogen (secondary N) is 1. The number of anilines is 2. The van der Waals surface area contributed by atoms with Gasteiger partial charge in [-0.25, -0.2) is 4.98 Å². The van der Waals surface area contributed by atoms with E-state index in [1.165, 1.54) is 0 Å². The number of halogens is 10. The molecule has 0 atom stereocenters. The number of hydrogen-bond donors (Lipinski definition) is 1. The maximum Gasteiger partial charge on any atom is 0.435 e. The van der Waals surface area contributed by atoms with Gasteiger partial charge in [0, 0.05) is 6.54 Å². The molecule has 0 unspecified atom stereocenters. The lowest BCUT2D eigenvalue weighted by Crippen LogP contribution is -2.29. The predicted octanol–water partition coefficient (Wildman–Crippen LogP) is 6.94. The second kappa shape index (κ2) is 9.44. The zero-order valence-corrected chi connectivity index (χ0v) is 17.9. The summed E-state index contributed by atoms with van der Waals surface area (Å²) in [6, 6.07) is 8.54. The van der Waals surface area contributed by atoms with Crippen LogP contribution < -0.4 is 10.9 Å². The Morgan fingerprint density at radius 1 is 0.857 bits per heavy atom. The molecule has 0 aliphatic rings. The minimum Gasteiger partial charge on any atom is -0.325 e. The highest BCUT2D eigenvalue weighted by atomic mass is 35.5. The zero-order valence-electron chi connectivity index (χ0n) is 17.1. The number of rotatable bonds is 5. The van der Waals surface area contributed by atoms with E-state index in [-0.39, 0.29) is 24.6 Å². The van der Waals surface area contributed by atoms with Gasteiger partial charge in [-0.3, -0.25) is 9.36 Å². The molecule has 0 spiro atoms. The summed E-state index contributed by atoms with van der Waals surface area (Å²) >= 11 is 5.56. The molecule has 0 aliphatic heterocycles. The van der Waals surface area contributed by atoms with Crippen LogP contribution in [0.25, 0.3) is 0 Å². The summed E-state index contributed by atoms with van der Waals surface area (Å²) in [6.45, 7) is -0.393. The van der Waals surface area contributed by atoms with Gasteiger partial charge in [-0.15, -0.1) is 0 Å². The standard InChI is InChI=1S/C21H13ClF9N3O/c22-15-16(21(29,30)31)33-18(34(17(15)35)9-8-11-4-2-1-3-5-11)32-14-10-12(19(23,24)25)6-7-13(14)20(26,27)28/h1-7,10H,8-9H2,(H,32,33). The number of hydrogen-bond acceptors (Lipinski definition) is 3. The first-order valence-electron chi connectivity index (χ1n) is 9.56. The molecule has 1 N–H and O–H groups in total. The molecule has 0 radical (unpaired) electrons. The largest absolute Gasteiger partial charge is 0.435 e. The van der Waals surface area contributed by atoms with Gasteiger partial charge in [-0.1, -0.05) is 41.9 Å². The fourth-order valence-corrected chi connectivity index (χ4v) is 3.35. The van der Waals surface area contributed by atoms with Gasteiger partial charge in [0.05, 0.1) is 16.8 Å². The highest BCUT2D eigenvalue weighted by molar-refractivity contribution is 6.31.